The van der Waals surface area contributed by atoms with E-state index in [0.717, 1.165) is 24.0 Å². The van der Waals surface area contributed by atoms with Crippen LogP contribution in [0.25, 0.3) is 0 Å². The Bertz CT molecular complexity index is 204. The first-order chi connectivity index (χ1) is 5.49. The monoisotopic (exact) mass is 170 g/mol. The van der Waals surface area contributed by atoms with Crippen LogP contribution < -0.4 is 0 Å². The summed E-state index contributed by atoms with van der Waals surface area (Å²) < 4.78 is 0. The Morgan fingerprint density at radius 1 is 1.50 bits per heavy atom. The second-order valence-corrected chi connectivity index (χ2v) is 4.26. The van der Waals surface area contributed by atoms with Crippen LogP contribution in [0.3, 0.4) is 0 Å². The van der Waals surface area contributed by atoms with E-state index >= 15 is 0 Å². The maximum absolute atomic E-state index is 9.54. The smallest absolute Gasteiger partial charge is 0.0751 e. The molecule has 0 amide bonds. The summed E-state index contributed by atoms with van der Waals surface area (Å²) in [4.78, 5) is 0. The average Bonchev–Trinajstić information content (AvgIpc) is 1.99. The van der Waals surface area contributed by atoms with Gasteiger partial charge < -0.3 is 10.2 Å². The Morgan fingerprint density at radius 2 is 2.08 bits per heavy atom. The lowest BCUT2D eigenvalue weighted by atomic mass is 9.72. The van der Waals surface area contributed by atoms with Gasteiger partial charge in [0.15, 0.2) is 0 Å². The molecule has 12 heavy (non-hydrogen) atoms. The summed E-state index contributed by atoms with van der Waals surface area (Å²) in [7, 11) is 0. The molecule has 0 aromatic heterocycles. The summed E-state index contributed by atoms with van der Waals surface area (Å²) in [5.74, 6) is 0. The van der Waals surface area contributed by atoms with Crippen LogP contribution in [0.4, 0.5) is 0 Å². The summed E-state index contributed by atoms with van der Waals surface area (Å²) in [6.07, 6.45) is 1.45. The minimum atomic E-state index is -0.333. The molecule has 0 aromatic carbocycles. The van der Waals surface area contributed by atoms with Crippen molar-refractivity contribution in [2.24, 2.45) is 5.41 Å². The van der Waals surface area contributed by atoms with Crippen LogP contribution in [0, 0.1) is 5.41 Å². The Labute approximate surface area is 73.9 Å². The number of hydrogen-bond donors (Lipinski definition) is 2. The molecule has 2 N–H and O–H groups in total. The number of hydrogen-bond acceptors (Lipinski definition) is 2. The van der Waals surface area contributed by atoms with E-state index in [9.17, 15) is 5.11 Å². The summed E-state index contributed by atoms with van der Waals surface area (Å²) in [6, 6.07) is 0. The van der Waals surface area contributed by atoms with E-state index < -0.39 is 0 Å². The molecule has 0 fully saturated rings. The fourth-order valence-corrected chi connectivity index (χ4v) is 1.94. The molecule has 2 nitrogen and oxygen atoms in total. The van der Waals surface area contributed by atoms with Gasteiger partial charge in [0.1, 0.15) is 0 Å². The molecule has 70 valence electrons. The molecule has 1 aliphatic rings. The molecular weight excluding hydrogens is 152 g/mol. The van der Waals surface area contributed by atoms with Crippen molar-refractivity contribution >= 4 is 0 Å². The van der Waals surface area contributed by atoms with Crippen LogP contribution in [-0.4, -0.2) is 22.9 Å². The van der Waals surface area contributed by atoms with Gasteiger partial charge in [-0.2, -0.15) is 0 Å². The van der Waals surface area contributed by atoms with Gasteiger partial charge in [0.25, 0.3) is 0 Å². The molecule has 0 aliphatic heterocycles. The lowest BCUT2D eigenvalue weighted by Gasteiger charge is -2.35. The number of aliphatic hydroxyl groups excluding tert-OH is 2. The standard InChI is InChI=1S/C10H18O2/c1-7-8(6-11)10(2,3)5-4-9(7)12/h9,11-12H,4-6H2,1-3H3. The zero-order valence-electron chi connectivity index (χ0n) is 8.09. The molecule has 0 spiro atoms. The van der Waals surface area contributed by atoms with Gasteiger partial charge in [0, 0.05) is 0 Å². The Morgan fingerprint density at radius 3 is 2.50 bits per heavy atom. The predicted molar refractivity (Wildman–Crippen MR) is 48.8 cm³/mol. The minimum absolute atomic E-state index is 0.0675. The van der Waals surface area contributed by atoms with Crippen molar-refractivity contribution in [1.82, 2.24) is 0 Å². The Balaban J connectivity index is 3.01. The first-order valence-electron chi connectivity index (χ1n) is 4.48. The molecule has 2 heteroatoms. The van der Waals surface area contributed by atoms with E-state index in [4.69, 9.17) is 5.11 Å². The van der Waals surface area contributed by atoms with Gasteiger partial charge in [-0.25, -0.2) is 0 Å². The largest absolute Gasteiger partial charge is 0.392 e. The maximum Gasteiger partial charge on any atom is 0.0751 e. The normalized spacial score (nSPS) is 29.2. The molecule has 0 heterocycles. The first-order valence-corrected chi connectivity index (χ1v) is 4.48. The topological polar surface area (TPSA) is 40.5 Å². The highest BCUT2D eigenvalue weighted by Gasteiger charge is 2.31. The molecule has 1 rings (SSSR count). The van der Waals surface area contributed by atoms with Crippen molar-refractivity contribution in [2.45, 2.75) is 39.7 Å². The van der Waals surface area contributed by atoms with Crippen LogP contribution in [0.1, 0.15) is 33.6 Å². The molecule has 1 aliphatic carbocycles. The van der Waals surface area contributed by atoms with Crippen molar-refractivity contribution in [3.8, 4) is 0 Å². The van der Waals surface area contributed by atoms with E-state index in [0.29, 0.717) is 0 Å². The van der Waals surface area contributed by atoms with E-state index in [2.05, 4.69) is 13.8 Å². The maximum atomic E-state index is 9.54. The van der Waals surface area contributed by atoms with Crippen molar-refractivity contribution in [1.29, 1.82) is 0 Å². The Hall–Kier alpha value is -0.340. The highest BCUT2D eigenvalue weighted by atomic mass is 16.3. The van der Waals surface area contributed by atoms with Crippen LogP contribution in [0.15, 0.2) is 11.1 Å². The van der Waals surface area contributed by atoms with Gasteiger partial charge in [-0.3, -0.25) is 0 Å². The molecule has 0 saturated heterocycles. The quantitative estimate of drug-likeness (QED) is 0.585. The zero-order chi connectivity index (χ0) is 9.35. The molecule has 0 bridgehead atoms. The Kier molecular flexibility index (Phi) is 2.59. The van der Waals surface area contributed by atoms with Crippen LogP contribution in [0.5, 0.6) is 0 Å². The molecule has 1 unspecified atom stereocenters. The van der Waals surface area contributed by atoms with Crippen molar-refractivity contribution in [3.05, 3.63) is 11.1 Å². The highest BCUT2D eigenvalue weighted by molar-refractivity contribution is 5.25. The van der Waals surface area contributed by atoms with Crippen LogP contribution >= 0.6 is 0 Å². The molecule has 0 saturated carbocycles. The lowest BCUT2D eigenvalue weighted by molar-refractivity contribution is 0.149. The summed E-state index contributed by atoms with van der Waals surface area (Å²) in [6.45, 7) is 6.23. The van der Waals surface area contributed by atoms with E-state index in [1.165, 1.54) is 0 Å². The van der Waals surface area contributed by atoms with Gasteiger partial charge in [-0.1, -0.05) is 13.8 Å². The summed E-state index contributed by atoms with van der Waals surface area (Å²) >= 11 is 0. The van der Waals surface area contributed by atoms with Gasteiger partial charge in [0.2, 0.25) is 0 Å². The van der Waals surface area contributed by atoms with Crippen molar-refractivity contribution < 1.29 is 10.2 Å². The SMILES string of the molecule is CC1=C(CO)C(C)(C)CCC1O. The highest BCUT2D eigenvalue weighted by Crippen LogP contribution is 2.39. The average molecular weight is 170 g/mol. The third kappa shape index (κ3) is 1.54. The van der Waals surface area contributed by atoms with Gasteiger partial charge in [0.05, 0.1) is 12.7 Å². The fraction of sp³-hybridized carbons (Fsp3) is 0.800. The lowest BCUT2D eigenvalue weighted by Crippen LogP contribution is -2.29. The van der Waals surface area contributed by atoms with Crippen molar-refractivity contribution in [2.75, 3.05) is 6.61 Å². The third-order valence-electron chi connectivity index (χ3n) is 2.99. The van der Waals surface area contributed by atoms with Crippen LogP contribution in [0.2, 0.25) is 0 Å². The fourth-order valence-electron chi connectivity index (χ4n) is 1.94. The number of rotatable bonds is 1. The number of aliphatic hydroxyl groups is 2. The summed E-state index contributed by atoms with van der Waals surface area (Å²) in [5.41, 5.74) is 2.05. The van der Waals surface area contributed by atoms with Crippen molar-refractivity contribution in [3.63, 3.8) is 0 Å². The van der Waals surface area contributed by atoms with Gasteiger partial charge >= 0.3 is 0 Å². The molecule has 1 atom stereocenters. The van der Waals surface area contributed by atoms with Gasteiger partial charge in [-0.05, 0) is 36.3 Å². The third-order valence-corrected chi connectivity index (χ3v) is 2.99. The van der Waals surface area contributed by atoms with E-state index in [-0.39, 0.29) is 18.1 Å². The first kappa shape index (κ1) is 9.75. The van der Waals surface area contributed by atoms with E-state index in [1.807, 2.05) is 6.92 Å². The second kappa shape index (κ2) is 3.19. The predicted octanol–water partition coefficient (Wildman–Crippen LogP) is 1.48. The van der Waals surface area contributed by atoms with Gasteiger partial charge in [-0.15, -0.1) is 0 Å². The van der Waals surface area contributed by atoms with Crippen LogP contribution in [-0.2, 0) is 0 Å². The molecule has 0 radical (unpaired) electrons. The molecule has 0 aromatic rings. The zero-order valence-corrected chi connectivity index (χ0v) is 8.09. The minimum Gasteiger partial charge on any atom is -0.392 e. The molecular formula is C10H18O2. The van der Waals surface area contributed by atoms with E-state index in [1.54, 1.807) is 0 Å². The second-order valence-electron chi connectivity index (χ2n) is 4.26. The summed E-state index contributed by atoms with van der Waals surface area (Å²) in [5, 5.41) is 18.7.